The van der Waals surface area contributed by atoms with Crippen LogP contribution in [0.15, 0.2) is 12.3 Å². The number of alkyl halides is 3. The molecule has 0 fully saturated rings. The molecule has 0 spiro atoms. The number of esters is 1. The predicted molar refractivity (Wildman–Crippen MR) is 69.3 cm³/mol. The van der Waals surface area contributed by atoms with Crippen molar-refractivity contribution in [3.05, 3.63) is 23.5 Å². The van der Waals surface area contributed by atoms with Gasteiger partial charge in [-0.1, -0.05) is 0 Å². The Kier molecular flexibility index (Phi) is 4.20. The maximum Gasteiger partial charge on any atom is 0.534 e. The third-order valence-electron chi connectivity index (χ3n) is 2.60. The first kappa shape index (κ1) is 17.0. The van der Waals surface area contributed by atoms with Gasteiger partial charge in [-0.25, -0.2) is 9.31 Å². The monoisotopic (exact) mass is 353 g/mol. The van der Waals surface area contributed by atoms with Gasteiger partial charge in [0.1, 0.15) is 5.56 Å². The van der Waals surface area contributed by atoms with Gasteiger partial charge in [0, 0.05) is 11.8 Å². The van der Waals surface area contributed by atoms with E-state index in [1.165, 1.54) is 6.92 Å². The van der Waals surface area contributed by atoms with Crippen molar-refractivity contribution in [3.63, 3.8) is 0 Å². The molecule has 0 radical (unpaired) electrons. The molecule has 8 nitrogen and oxygen atoms in total. The molecule has 0 aromatic carbocycles. The van der Waals surface area contributed by atoms with Gasteiger partial charge in [0.25, 0.3) is 0 Å². The summed E-state index contributed by atoms with van der Waals surface area (Å²) in [4.78, 5) is 15.3. The molecule has 23 heavy (non-hydrogen) atoms. The fourth-order valence-electron chi connectivity index (χ4n) is 1.64. The number of fused-ring (bicyclic) bond motifs is 1. The number of hydrogen-bond donors (Lipinski definition) is 0. The lowest BCUT2D eigenvalue weighted by Crippen LogP contribution is -2.28. The summed E-state index contributed by atoms with van der Waals surface area (Å²) in [5.74, 6) is -1.64. The van der Waals surface area contributed by atoms with Crippen molar-refractivity contribution in [3.8, 4) is 5.88 Å². The van der Waals surface area contributed by atoms with E-state index in [4.69, 9.17) is 4.74 Å². The molecule has 2 heterocycles. The van der Waals surface area contributed by atoms with Gasteiger partial charge in [-0.05, 0) is 13.8 Å². The van der Waals surface area contributed by atoms with Crippen LogP contribution < -0.4 is 4.18 Å². The SMILES string of the molecule is CCOC(=O)c1cnn2c(C)cc(OS(=O)(=O)C(F)(F)F)nc12. The van der Waals surface area contributed by atoms with Crippen molar-refractivity contribution in [1.82, 2.24) is 14.6 Å². The minimum atomic E-state index is -5.87. The molecule has 2 aromatic rings. The minimum Gasteiger partial charge on any atom is -0.462 e. The minimum absolute atomic E-state index is 0.0633. The Bertz CT molecular complexity index is 860. The highest BCUT2D eigenvalue weighted by molar-refractivity contribution is 7.87. The van der Waals surface area contributed by atoms with E-state index in [0.29, 0.717) is 0 Å². The molecule has 0 unspecified atom stereocenters. The van der Waals surface area contributed by atoms with E-state index in [0.717, 1.165) is 16.8 Å². The smallest absolute Gasteiger partial charge is 0.462 e. The molecule has 12 heteroatoms. The predicted octanol–water partition coefficient (Wildman–Crippen LogP) is 1.44. The van der Waals surface area contributed by atoms with Crippen molar-refractivity contribution in [2.75, 3.05) is 6.61 Å². The lowest BCUT2D eigenvalue weighted by molar-refractivity contribution is -0.0501. The number of aryl methyl sites for hydroxylation is 1. The van der Waals surface area contributed by atoms with Crippen LogP contribution in [0.5, 0.6) is 5.88 Å². The topological polar surface area (TPSA) is 99.9 Å². The standard InChI is InChI=1S/C11H10F3N3O5S/c1-3-21-10(18)7-5-15-17-6(2)4-8(16-9(7)17)22-23(19,20)11(12,13)14/h4-5H,3H2,1-2H3. The van der Waals surface area contributed by atoms with Crippen molar-refractivity contribution < 1.29 is 35.3 Å². The maximum atomic E-state index is 12.3. The Morgan fingerprint density at radius 3 is 2.61 bits per heavy atom. The number of carbonyl (C=O) groups is 1. The lowest BCUT2D eigenvalue weighted by Gasteiger charge is -2.10. The Hall–Kier alpha value is -2.37. The average molecular weight is 353 g/mol. The summed E-state index contributed by atoms with van der Waals surface area (Å²) in [5.41, 5.74) is -5.71. The Morgan fingerprint density at radius 1 is 1.39 bits per heavy atom. The Balaban J connectivity index is 2.52. The number of nitrogens with zero attached hydrogens (tertiary/aromatic N) is 3. The van der Waals surface area contributed by atoms with Crippen LogP contribution in [0.2, 0.25) is 0 Å². The quantitative estimate of drug-likeness (QED) is 0.466. The molecule has 2 aromatic heterocycles. The van der Waals surface area contributed by atoms with E-state index in [1.807, 2.05) is 0 Å². The number of halogens is 3. The third-order valence-corrected chi connectivity index (χ3v) is 3.56. The van der Waals surface area contributed by atoms with E-state index in [-0.39, 0.29) is 23.5 Å². The molecular formula is C11H10F3N3O5S. The number of rotatable bonds is 4. The molecule has 2 rings (SSSR count). The van der Waals surface area contributed by atoms with Gasteiger partial charge in [0.05, 0.1) is 12.8 Å². The van der Waals surface area contributed by atoms with Crippen LogP contribution in [0.1, 0.15) is 23.0 Å². The van der Waals surface area contributed by atoms with Crippen molar-refractivity contribution in [2.24, 2.45) is 0 Å². The van der Waals surface area contributed by atoms with E-state index < -0.39 is 27.5 Å². The summed E-state index contributed by atoms with van der Waals surface area (Å²) in [7, 11) is -5.87. The molecule has 0 saturated heterocycles. The fraction of sp³-hybridized carbons (Fsp3) is 0.364. The van der Waals surface area contributed by atoms with E-state index >= 15 is 0 Å². The molecule has 0 aliphatic rings. The zero-order valence-electron chi connectivity index (χ0n) is 11.8. The second-order valence-corrected chi connectivity index (χ2v) is 5.77. The molecule has 0 atom stereocenters. The van der Waals surface area contributed by atoms with Crippen LogP contribution in [0.3, 0.4) is 0 Å². The zero-order chi connectivity index (χ0) is 17.4. The summed E-state index contributed by atoms with van der Waals surface area (Å²) >= 11 is 0. The van der Waals surface area contributed by atoms with E-state index in [2.05, 4.69) is 14.3 Å². The number of aromatic nitrogens is 3. The summed E-state index contributed by atoms with van der Waals surface area (Å²) < 4.78 is 69.0. The molecule has 0 saturated carbocycles. The molecule has 126 valence electrons. The largest absolute Gasteiger partial charge is 0.534 e. The highest BCUT2D eigenvalue weighted by atomic mass is 32.2. The first-order valence-electron chi connectivity index (χ1n) is 6.10. The molecule has 0 bridgehead atoms. The van der Waals surface area contributed by atoms with Gasteiger partial charge in [-0.2, -0.15) is 31.7 Å². The summed E-state index contributed by atoms with van der Waals surface area (Å²) in [6.45, 7) is 3.05. The lowest BCUT2D eigenvalue weighted by atomic mass is 10.3. The van der Waals surface area contributed by atoms with Gasteiger partial charge >= 0.3 is 21.6 Å². The van der Waals surface area contributed by atoms with E-state index in [9.17, 15) is 26.4 Å². The van der Waals surface area contributed by atoms with Gasteiger partial charge in [-0.3, -0.25) is 0 Å². The molecule has 0 aliphatic heterocycles. The highest BCUT2D eigenvalue weighted by Crippen LogP contribution is 2.27. The average Bonchev–Trinajstić information content (AvgIpc) is 2.81. The molecule has 0 aliphatic carbocycles. The fourth-order valence-corrected chi connectivity index (χ4v) is 2.04. The first-order chi connectivity index (χ1) is 10.6. The molecule has 0 N–H and O–H groups in total. The van der Waals surface area contributed by atoms with Gasteiger partial charge in [0.2, 0.25) is 5.88 Å². The van der Waals surface area contributed by atoms with Crippen LogP contribution in [0, 0.1) is 6.92 Å². The van der Waals surface area contributed by atoms with Gasteiger partial charge in [0.15, 0.2) is 5.65 Å². The normalized spacial score (nSPS) is 12.4. The Labute approximate surface area is 128 Å². The molecule has 0 amide bonds. The second-order valence-electron chi connectivity index (χ2n) is 4.23. The van der Waals surface area contributed by atoms with Crippen LogP contribution in [0.25, 0.3) is 5.65 Å². The zero-order valence-corrected chi connectivity index (χ0v) is 12.6. The second kappa shape index (κ2) is 5.68. The van der Waals surface area contributed by atoms with Crippen LogP contribution in [-0.2, 0) is 14.9 Å². The van der Waals surface area contributed by atoms with Crippen molar-refractivity contribution in [1.29, 1.82) is 0 Å². The third kappa shape index (κ3) is 3.21. The first-order valence-corrected chi connectivity index (χ1v) is 7.51. The number of hydrogen-bond acceptors (Lipinski definition) is 7. The summed E-state index contributed by atoms with van der Waals surface area (Å²) in [5, 5.41) is 3.83. The van der Waals surface area contributed by atoms with Crippen molar-refractivity contribution >= 4 is 21.7 Å². The van der Waals surface area contributed by atoms with Crippen LogP contribution >= 0.6 is 0 Å². The number of carbonyl (C=O) groups excluding carboxylic acids is 1. The van der Waals surface area contributed by atoms with Crippen LogP contribution in [0.4, 0.5) is 13.2 Å². The Morgan fingerprint density at radius 2 is 2.04 bits per heavy atom. The van der Waals surface area contributed by atoms with Gasteiger partial charge < -0.3 is 8.92 Å². The highest BCUT2D eigenvalue weighted by Gasteiger charge is 2.49. The summed E-state index contributed by atoms with van der Waals surface area (Å²) in [6.07, 6.45) is 1.11. The number of ether oxygens (including phenoxy) is 1. The van der Waals surface area contributed by atoms with Gasteiger partial charge in [-0.15, -0.1) is 0 Å². The summed E-state index contributed by atoms with van der Waals surface area (Å²) in [6, 6.07) is 0.943. The van der Waals surface area contributed by atoms with Crippen molar-refractivity contribution in [2.45, 2.75) is 19.4 Å². The van der Waals surface area contributed by atoms with Crippen LogP contribution in [-0.4, -0.2) is 41.1 Å². The molecular weight excluding hydrogens is 343 g/mol. The van der Waals surface area contributed by atoms with E-state index in [1.54, 1.807) is 6.92 Å². The maximum absolute atomic E-state index is 12.3.